The number of hydrogen-bond acceptors (Lipinski definition) is 4. The quantitative estimate of drug-likeness (QED) is 0.299. The molecule has 32 heavy (non-hydrogen) atoms. The van der Waals surface area contributed by atoms with Gasteiger partial charge in [-0.3, -0.25) is 4.79 Å². The number of carbonyl (C=O) groups excluding carboxylic acids is 2. The van der Waals surface area contributed by atoms with E-state index in [-0.39, 0.29) is 30.0 Å². The molecule has 2 aromatic carbocycles. The number of unbranched alkanes of at least 4 members (excludes halogenated alkanes) is 4. The molecule has 0 unspecified atom stereocenters. The first-order valence-electron chi connectivity index (χ1n) is 11.8. The number of halogens is 1. The topological polar surface area (TPSA) is 52.6 Å². The molecule has 0 aromatic heterocycles. The molecule has 0 saturated heterocycles. The average Bonchev–Trinajstić information content (AvgIpc) is 2.81. The van der Waals surface area contributed by atoms with Crippen molar-refractivity contribution < 1.29 is 23.5 Å². The zero-order valence-corrected chi connectivity index (χ0v) is 18.9. The van der Waals surface area contributed by atoms with Crippen LogP contribution in [0.25, 0.3) is 11.1 Å². The van der Waals surface area contributed by atoms with Crippen molar-refractivity contribution in [2.45, 2.75) is 83.3 Å². The number of benzene rings is 2. The molecule has 5 heteroatoms. The molecular formula is C27H33FO4. The van der Waals surface area contributed by atoms with Crippen molar-refractivity contribution >= 4 is 11.9 Å². The first kappa shape index (κ1) is 24.0. The molecule has 172 valence electrons. The summed E-state index contributed by atoms with van der Waals surface area (Å²) in [5, 5.41) is 0. The lowest BCUT2D eigenvalue weighted by molar-refractivity contribution is -0.151. The van der Waals surface area contributed by atoms with E-state index in [0.29, 0.717) is 24.8 Å². The summed E-state index contributed by atoms with van der Waals surface area (Å²) in [7, 11) is 0. The number of hydrogen-bond donors (Lipinski definition) is 0. The summed E-state index contributed by atoms with van der Waals surface area (Å²) in [6.45, 7) is 2.17. The Bertz CT molecular complexity index is 852. The normalized spacial score (nSPS) is 18.2. The SMILES string of the molecule is CCCCCCCC(=O)O[C@H]1CC[C@H](OC(=O)c2ccc(-c3ccc(F)cc3)cc2)CC1. The maximum Gasteiger partial charge on any atom is 0.338 e. The van der Waals surface area contributed by atoms with Crippen LogP contribution in [0.15, 0.2) is 48.5 Å². The van der Waals surface area contributed by atoms with Gasteiger partial charge in [0.2, 0.25) is 0 Å². The summed E-state index contributed by atoms with van der Waals surface area (Å²) in [4.78, 5) is 24.5. The monoisotopic (exact) mass is 440 g/mol. The summed E-state index contributed by atoms with van der Waals surface area (Å²) in [5.74, 6) is -0.729. The van der Waals surface area contributed by atoms with E-state index >= 15 is 0 Å². The molecule has 0 heterocycles. The van der Waals surface area contributed by atoms with E-state index in [1.54, 1.807) is 24.3 Å². The first-order chi connectivity index (χ1) is 15.5. The van der Waals surface area contributed by atoms with Gasteiger partial charge in [-0.2, -0.15) is 0 Å². The Balaban J connectivity index is 1.38. The Kier molecular flexibility index (Phi) is 9.27. The van der Waals surface area contributed by atoms with Crippen LogP contribution < -0.4 is 0 Å². The van der Waals surface area contributed by atoms with Crippen LogP contribution >= 0.6 is 0 Å². The molecule has 0 aliphatic heterocycles. The van der Waals surface area contributed by atoms with Crippen LogP contribution in [-0.2, 0) is 14.3 Å². The van der Waals surface area contributed by atoms with Gasteiger partial charge in [-0.15, -0.1) is 0 Å². The maximum atomic E-state index is 13.1. The third-order valence-corrected chi connectivity index (χ3v) is 5.98. The lowest BCUT2D eigenvalue weighted by atomic mass is 9.95. The second-order valence-electron chi connectivity index (χ2n) is 8.54. The standard InChI is InChI=1S/C27H33FO4/c1-2-3-4-5-6-7-26(29)31-24-16-18-25(19-17-24)32-27(30)22-10-8-20(9-11-22)21-12-14-23(28)15-13-21/h8-15,24-25H,2-7,16-19H2,1H3/t24-,25-. The van der Waals surface area contributed by atoms with Crippen molar-refractivity contribution in [1.82, 2.24) is 0 Å². The molecule has 0 amide bonds. The molecule has 0 spiro atoms. The van der Waals surface area contributed by atoms with E-state index in [4.69, 9.17) is 9.47 Å². The summed E-state index contributed by atoms with van der Waals surface area (Å²) >= 11 is 0. The van der Waals surface area contributed by atoms with Gasteiger partial charge in [0.25, 0.3) is 0 Å². The fourth-order valence-corrected chi connectivity index (χ4v) is 4.05. The number of esters is 2. The van der Waals surface area contributed by atoms with Gasteiger partial charge in [0.1, 0.15) is 18.0 Å². The van der Waals surface area contributed by atoms with Crippen LogP contribution in [0, 0.1) is 5.82 Å². The Hall–Kier alpha value is -2.69. The molecule has 4 nitrogen and oxygen atoms in total. The van der Waals surface area contributed by atoms with Gasteiger partial charge < -0.3 is 9.47 Å². The van der Waals surface area contributed by atoms with Crippen molar-refractivity contribution in [3.63, 3.8) is 0 Å². The highest BCUT2D eigenvalue weighted by atomic mass is 19.1. The van der Waals surface area contributed by atoms with E-state index in [1.165, 1.54) is 31.4 Å². The third kappa shape index (κ3) is 7.47. The minimum absolute atomic E-state index is 0.0666. The van der Waals surface area contributed by atoms with Crippen LogP contribution in [0.2, 0.25) is 0 Å². The van der Waals surface area contributed by atoms with Gasteiger partial charge in [-0.1, -0.05) is 56.9 Å². The van der Waals surface area contributed by atoms with Crippen LogP contribution in [0.5, 0.6) is 0 Å². The highest BCUT2D eigenvalue weighted by molar-refractivity contribution is 5.90. The van der Waals surface area contributed by atoms with Gasteiger partial charge in [0.05, 0.1) is 5.56 Å². The summed E-state index contributed by atoms with van der Waals surface area (Å²) in [6, 6.07) is 13.4. The fourth-order valence-electron chi connectivity index (χ4n) is 4.05. The van der Waals surface area contributed by atoms with Crippen LogP contribution in [0.3, 0.4) is 0 Å². The van der Waals surface area contributed by atoms with Crippen molar-refractivity contribution in [2.75, 3.05) is 0 Å². The molecular weight excluding hydrogens is 407 g/mol. The van der Waals surface area contributed by atoms with Crippen LogP contribution in [0.4, 0.5) is 4.39 Å². The number of ether oxygens (including phenoxy) is 2. The predicted octanol–water partition coefficient (Wildman–Crippen LogP) is 6.86. The van der Waals surface area contributed by atoms with Gasteiger partial charge in [0.15, 0.2) is 0 Å². The van der Waals surface area contributed by atoms with E-state index < -0.39 is 0 Å². The summed E-state index contributed by atoms with van der Waals surface area (Å²) in [6.07, 6.45) is 8.69. The largest absolute Gasteiger partial charge is 0.462 e. The third-order valence-electron chi connectivity index (χ3n) is 5.98. The van der Waals surface area contributed by atoms with E-state index in [1.807, 2.05) is 12.1 Å². The molecule has 3 rings (SSSR count). The van der Waals surface area contributed by atoms with E-state index in [0.717, 1.165) is 36.8 Å². The summed E-state index contributed by atoms with van der Waals surface area (Å²) in [5.41, 5.74) is 2.29. The van der Waals surface area contributed by atoms with Crippen LogP contribution in [0.1, 0.15) is 81.5 Å². The van der Waals surface area contributed by atoms with Crippen molar-refractivity contribution in [1.29, 1.82) is 0 Å². The molecule has 0 bridgehead atoms. The van der Waals surface area contributed by atoms with Crippen molar-refractivity contribution in [3.05, 3.63) is 59.9 Å². The zero-order chi connectivity index (χ0) is 22.8. The average molecular weight is 441 g/mol. The van der Waals surface area contributed by atoms with Crippen molar-refractivity contribution in [2.24, 2.45) is 0 Å². The Morgan fingerprint density at radius 3 is 1.91 bits per heavy atom. The molecule has 1 aliphatic carbocycles. The number of carbonyl (C=O) groups is 2. The predicted molar refractivity (Wildman–Crippen MR) is 123 cm³/mol. The van der Waals surface area contributed by atoms with Crippen molar-refractivity contribution in [3.8, 4) is 11.1 Å². The maximum absolute atomic E-state index is 13.1. The van der Waals surface area contributed by atoms with E-state index in [2.05, 4.69) is 6.92 Å². The van der Waals surface area contributed by atoms with E-state index in [9.17, 15) is 14.0 Å². The molecule has 0 radical (unpaired) electrons. The zero-order valence-electron chi connectivity index (χ0n) is 18.9. The molecule has 0 atom stereocenters. The minimum Gasteiger partial charge on any atom is -0.462 e. The molecule has 0 N–H and O–H groups in total. The van der Waals surface area contributed by atoms with Gasteiger partial charge in [-0.25, -0.2) is 9.18 Å². The molecule has 1 saturated carbocycles. The highest BCUT2D eigenvalue weighted by Gasteiger charge is 2.26. The second kappa shape index (κ2) is 12.4. The fraction of sp³-hybridized carbons (Fsp3) is 0.481. The lowest BCUT2D eigenvalue weighted by Gasteiger charge is -2.28. The lowest BCUT2D eigenvalue weighted by Crippen LogP contribution is -2.29. The Morgan fingerprint density at radius 1 is 0.781 bits per heavy atom. The molecule has 1 aliphatic rings. The first-order valence-corrected chi connectivity index (χ1v) is 11.8. The second-order valence-corrected chi connectivity index (χ2v) is 8.54. The molecule has 1 fully saturated rings. The Labute approximate surface area is 190 Å². The van der Waals surface area contributed by atoms with Gasteiger partial charge in [-0.05, 0) is 67.5 Å². The number of rotatable bonds is 10. The van der Waals surface area contributed by atoms with Gasteiger partial charge in [0, 0.05) is 6.42 Å². The van der Waals surface area contributed by atoms with Crippen LogP contribution in [-0.4, -0.2) is 24.1 Å². The minimum atomic E-state index is -0.344. The smallest absolute Gasteiger partial charge is 0.338 e. The summed E-state index contributed by atoms with van der Waals surface area (Å²) < 4.78 is 24.3. The highest BCUT2D eigenvalue weighted by Crippen LogP contribution is 2.26. The molecule has 2 aromatic rings. The Morgan fingerprint density at radius 2 is 1.31 bits per heavy atom. The van der Waals surface area contributed by atoms with Gasteiger partial charge >= 0.3 is 11.9 Å².